The number of carboxylic acids is 2. The monoisotopic (exact) mass is 264 g/mol. The molecule has 0 aliphatic heterocycles. The molecule has 0 aliphatic rings. The maximum absolute atomic E-state index is 10.8. The molecule has 0 aliphatic carbocycles. The van der Waals surface area contributed by atoms with E-state index in [4.69, 9.17) is 4.74 Å². The summed E-state index contributed by atoms with van der Waals surface area (Å²) in [6, 6.07) is 6.90. The van der Waals surface area contributed by atoms with Crippen LogP contribution < -0.4 is 14.9 Å². The number of carbonyl (C=O) groups is 2. The van der Waals surface area contributed by atoms with Gasteiger partial charge in [0.25, 0.3) is 0 Å². The van der Waals surface area contributed by atoms with Crippen molar-refractivity contribution >= 4 is 11.9 Å². The van der Waals surface area contributed by atoms with Crippen molar-refractivity contribution in [2.75, 3.05) is 6.61 Å². The lowest BCUT2D eigenvalue weighted by Gasteiger charge is -2.18. The van der Waals surface area contributed by atoms with E-state index in [0.717, 1.165) is 12.0 Å². The number of rotatable bonds is 8. The first-order chi connectivity index (χ1) is 9.02. The van der Waals surface area contributed by atoms with Gasteiger partial charge >= 0.3 is 0 Å². The zero-order valence-corrected chi connectivity index (χ0v) is 10.8. The third-order valence-electron chi connectivity index (χ3n) is 2.62. The van der Waals surface area contributed by atoms with Crippen molar-refractivity contribution in [2.24, 2.45) is 5.92 Å². The van der Waals surface area contributed by atoms with Crippen LogP contribution in [0.5, 0.6) is 5.75 Å². The normalized spacial score (nSPS) is 11.8. The van der Waals surface area contributed by atoms with Gasteiger partial charge in [-0.2, -0.15) is 0 Å². The minimum Gasteiger partial charge on any atom is -0.550 e. The first kappa shape index (κ1) is 15.0. The minimum absolute atomic E-state index is 0.102. The van der Waals surface area contributed by atoms with Gasteiger partial charge in [-0.15, -0.1) is 0 Å². The van der Waals surface area contributed by atoms with Gasteiger partial charge in [-0.05, 0) is 37.0 Å². The molecule has 19 heavy (non-hydrogen) atoms. The first-order valence-electron chi connectivity index (χ1n) is 6.15. The van der Waals surface area contributed by atoms with Crippen LogP contribution in [0.2, 0.25) is 0 Å². The Kier molecular flexibility index (Phi) is 5.85. The van der Waals surface area contributed by atoms with Crippen molar-refractivity contribution in [3.05, 3.63) is 29.8 Å². The van der Waals surface area contributed by atoms with E-state index in [0.29, 0.717) is 12.4 Å². The van der Waals surface area contributed by atoms with Crippen LogP contribution in [-0.4, -0.2) is 18.5 Å². The highest BCUT2D eigenvalue weighted by Gasteiger charge is 2.11. The molecular weight excluding hydrogens is 248 g/mol. The predicted octanol–water partition coefficient (Wildman–Crippen LogP) is -0.476. The summed E-state index contributed by atoms with van der Waals surface area (Å²) >= 11 is 0. The molecule has 0 N–H and O–H groups in total. The molecule has 0 saturated heterocycles. The SMILES string of the molecule is CCCOc1ccc(C[C@@H](CC(=O)[O-])C(=O)[O-])cc1. The van der Waals surface area contributed by atoms with Gasteiger partial charge in [0, 0.05) is 17.9 Å². The summed E-state index contributed by atoms with van der Waals surface area (Å²) in [7, 11) is 0. The van der Waals surface area contributed by atoms with Crippen molar-refractivity contribution < 1.29 is 24.5 Å². The Hall–Kier alpha value is -2.04. The van der Waals surface area contributed by atoms with Crippen molar-refractivity contribution in [1.82, 2.24) is 0 Å². The Labute approximate surface area is 111 Å². The molecule has 1 atom stereocenters. The van der Waals surface area contributed by atoms with Crippen molar-refractivity contribution in [3.63, 3.8) is 0 Å². The third-order valence-corrected chi connectivity index (χ3v) is 2.62. The number of hydrogen-bond donors (Lipinski definition) is 0. The maximum atomic E-state index is 10.8. The lowest BCUT2D eigenvalue weighted by Crippen LogP contribution is -2.37. The van der Waals surface area contributed by atoms with Crippen molar-refractivity contribution in [3.8, 4) is 5.75 Å². The lowest BCUT2D eigenvalue weighted by atomic mass is 9.96. The van der Waals surface area contributed by atoms with E-state index < -0.39 is 24.3 Å². The second kappa shape index (κ2) is 7.41. The Morgan fingerprint density at radius 2 is 1.84 bits per heavy atom. The average molecular weight is 264 g/mol. The predicted molar refractivity (Wildman–Crippen MR) is 64.1 cm³/mol. The van der Waals surface area contributed by atoms with Gasteiger partial charge in [-0.25, -0.2) is 0 Å². The highest BCUT2D eigenvalue weighted by Crippen LogP contribution is 2.16. The Morgan fingerprint density at radius 3 is 2.32 bits per heavy atom. The van der Waals surface area contributed by atoms with Crippen molar-refractivity contribution in [1.29, 1.82) is 0 Å². The Morgan fingerprint density at radius 1 is 1.21 bits per heavy atom. The van der Waals surface area contributed by atoms with Crippen molar-refractivity contribution in [2.45, 2.75) is 26.2 Å². The van der Waals surface area contributed by atoms with E-state index in [9.17, 15) is 19.8 Å². The number of benzene rings is 1. The number of carboxylic acid groups (broad SMARTS) is 2. The smallest absolute Gasteiger partial charge is 0.119 e. The van der Waals surface area contributed by atoms with Gasteiger partial charge in [0.15, 0.2) is 0 Å². The van der Waals surface area contributed by atoms with Crippen LogP contribution in [-0.2, 0) is 16.0 Å². The molecule has 0 heterocycles. The molecule has 1 rings (SSSR count). The zero-order chi connectivity index (χ0) is 14.3. The summed E-state index contributed by atoms with van der Waals surface area (Å²) in [6.45, 7) is 2.62. The van der Waals surface area contributed by atoms with E-state index in [1.807, 2.05) is 6.92 Å². The lowest BCUT2D eigenvalue weighted by molar-refractivity contribution is -0.320. The van der Waals surface area contributed by atoms with E-state index in [1.165, 1.54) is 0 Å². The number of aliphatic carboxylic acids is 2. The fourth-order valence-corrected chi connectivity index (χ4v) is 1.67. The molecule has 0 bridgehead atoms. The molecule has 0 amide bonds. The summed E-state index contributed by atoms with van der Waals surface area (Å²) in [5.74, 6) is -3.14. The summed E-state index contributed by atoms with van der Waals surface area (Å²) in [5, 5.41) is 21.3. The largest absolute Gasteiger partial charge is 0.550 e. The van der Waals surface area contributed by atoms with Crippen LogP contribution in [0.1, 0.15) is 25.3 Å². The third kappa shape index (κ3) is 5.42. The van der Waals surface area contributed by atoms with Gasteiger partial charge in [-0.1, -0.05) is 19.1 Å². The second-order valence-electron chi connectivity index (χ2n) is 4.29. The molecule has 104 valence electrons. The molecule has 1 aromatic rings. The molecular formula is C14H16O5-2. The Balaban J connectivity index is 2.64. The standard InChI is InChI=1S/C14H18O5/c1-2-7-19-12-5-3-10(4-6-12)8-11(14(17)18)9-13(15)16/h3-6,11H,2,7-9H2,1H3,(H,15,16)(H,17,18)/p-2/t11-/m0/s1. The fraction of sp³-hybridized carbons (Fsp3) is 0.429. The molecule has 0 radical (unpaired) electrons. The van der Waals surface area contributed by atoms with E-state index in [2.05, 4.69) is 0 Å². The van der Waals surface area contributed by atoms with Crippen LogP contribution in [0.4, 0.5) is 0 Å². The summed E-state index contributed by atoms with van der Waals surface area (Å²) < 4.78 is 5.39. The van der Waals surface area contributed by atoms with Gasteiger partial charge in [-0.3, -0.25) is 0 Å². The highest BCUT2D eigenvalue weighted by molar-refractivity contribution is 5.75. The second-order valence-corrected chi connectivity index (χ2v) is 4.29. The topological polar surface area (TPSA) is 89.5 Å². The summed E-state index contributed by atoms with van der Waals surface area (Å²) in [4.78, 5) is 21.3. The Bertz CT molecular complexity index is 424. The van der Waals surface area contributed by atoms with Gasteiger partial charge in [0.1, 0.15) is 5.75 Å². The van der Waals surface area contributed by atoms with Crippen LogP contribution >= 0.6 is 0 Å². The molecule has 0 fully saturated rings. The van der Waals surface area contributed by atoms with Crippen LogP contribution in [0.15, 0.2) is 24.3 Å². The summed E-state index contributed by atoms with van der Waals surface area (Å²) in [6.07, 6.45) is 0.459. The van der Waals surface area contributed by atoms with Crippen LogP contribution in [0.25, 0.3) is 0 Å². The molecule has 0 aromatic heterocycles. The van der Waals surface area contributed by atoms with E-state index in [-0.39, 0.29) is 6.42 Å². The number of ether oxygens (including phenoxy) is 1. The molecule has 0 spiro atoms. The summed E-state index contributed by atoms with van der Waals surface area (Å²) in [5.41, 5.74) is 0.722. The van der Waals surface area contributed by atoms with E-state index >= 15 is 0 Å². The number of carbonyl (C=O) groups excluding carboxylic acids is 2. The fourth-order valence-electron chi connectivity index (χ4n) is 1.67. The average Bonchev–Trinajstić information content (AvgIpc) is 2.36. The van der Waals surface area contributed by atoms with Gasteiger partial charge in [0.2, 0.25) is 0 Å². The van der Waals surface area contributed by atoms with E-state index in [1.54, 1.807) is 24.3 Å². The molecule has 0 unspecified atom stereocenters. The number of hydrogen-bond acceptors (Lipinski definition) is 5. The zero-order valence-electron chi connectivity index (χ0n) is 10.8. The van der Waals surface area contributed by atoms with Crippen LogP contribution in [0.3, 0.4) is 0 Å². The van der Waals surface area contributed by atoms with Gasteiger partial charge < -0.3 is 24.5 Å². The molecule has 5 nitrogen and oxygen atoms in total. The van der Waals surface area contributed by atoms with Gasteiger partial charge in [0.05, 0.1) is 6.61 Å². The van der Waals surface area contributed by atoms with Crippen LogP contribution in [0, 0.1) is 5.92 Å². The quantitative estimate of drug-likeness (QED) is 0.633. The highest BCUT2D eigenvalue weighted by atomic mass is 16.5. The first-order valence-corrected chi connectivity index (χ1v) is 6.15. The molecule has 1 aromatic carbocycles. The minimum atomic E-state index is -1.39. The molecule has 5 heteroatoms. The maximum Gasteiger partial charge on any atom is 0.119 e. The molecule has 0 saturated carbocycles.